The van der Waals surface area contributed by atoms with Crippen molar-refractivity contribution in [2.75, 3.05) is 0 Å². The first-order valence-electron chi connectivity index (χ1n) is 8.18. The monoisotopic (exact) mass is 457 g/mol. The SMILES string of the molecule is Cc1cc2c(cc1C)[C](CCc1ccccc1)([Hf]([CH3])[CH3])C=C2. The minimum absolute atomic E-state index is 0.397. The van der Waals surface area contributed by atoms with E-state index in [1.165, 1.54) is 35.1 Å². The number of allylic oxidation sites excluding steroid dienone is 1. The van der Waals surface area contributed by atoms with Crippen molar-refractivity contribution in [1.82, 2.24) is 0 Å². The summed E-state index contributed by atoms with van der Waals surface area (Å²) in [6, 6.07) is 15.8. The molecule has 2 aromatic rings. The van der Waals surface area contributed by atoms with Crippen molar-refractivity contribution >= 4 is 6.08 Å². The molecule has 0 bridgehead atoms. The van der Waals surface area contributed by atoms with Gasteiger partial charge < -0.3 is 0 Å². The molecule has 0 N–H and O–H groups in total. The Balaban J connectivity index is 1.95. The van der Waals surface area contributed by atoms with Crippen LogP contribution in [-0.2, 0) is 31.0 Å². The number of aryl methyl sites for hydroxylation is 3. The van der Waals surface area contributed by atoms with Gasteiger partial charge in [-0.2, -0.15) is 0 Å². The number of fused-ring (bicyclic) bond motifs is 1. The Labute approximate surface area is 142 Å². The van der Waals surface area contributed by atoms with Crippen molar-refractivity contribution in [3.63, 3.8) is 0 Å². The molecule has 1 aliphatic rings. The first-order valence-corrected chi connectivity index (χ1v) is 17.2. The van der Waals surface area contributed by atoms with Crippen LogP contribution in [0.15, 0.2) is 48.5 Å². The van der Waals surface area contributed by atoms with E-state index in [0.29, 0.717) is 3.17 Å². The average Bonchev–Trinajstić information content (AvgIpc) is 2.86. The van der Waals surface area contributed by atoms with Crippen molar-refractivity contribution in [2.45, 2.75) is 39.2 Å². The van der Waals surface area contributed by atoms with E-state index in [1.54, 1.807) is 5.56 Å². The molecule has 2 aromatic carbocycles. The zero-order chi connectivity index (χ0) is 15.7. The van der Waals surface area contributed by atoms with Crippen LogP contribution in [0.4, 0.5) is 0 Å². The van der Waals surface area contributed by atoms with Crippen LogP contribution in [0.25, 0.3) is 6.08 Å². The zero-order valence-electron chi connectivity index (χ0n) is 14.1. The van der Waals surface area contributed by atoms with E-state index in [2.05, 4.69) is 77.8 Å². The molecule has 113 valence electrons. The van der Waals surface area contributed by atoms with Crippen molar-refractivity contribution in [1.29, 1.82) is 0 Å². The fourth-order valence-electron chi connectivity index (χ4n) is 3.57. The molecule has 1 unspecified atom stereocenters. The van der Waals surface area contributed by atoms with E-state index < -0.39 is 21.4 Å². The first kappa shape index (κ1) is 15.9. The Morgan fingerprint density at radius 1 is 0.955 bits per heavy atom. The molecule has 22 heavy (non-hydrogen) atoms. The van der Waals surface area contributed by atoms with Crippen LogP contribution < -0.4 is 0 Å². The summed E-state index contributed by atoms with van der Waals surface area (Å²) in [5.41, 5.74) is 7.43. The topological polar surface area (TPSA) is 0 Å². The van der Waals surface area contributed by atoms with Gasteiger partial charge >= 0.3 is 143 Å². The maximum absolute atomic E-state index is 2.57. The zero-order valence-corrected chi connectivity index (χ0v) is 17.7. The molecule has 0 amide bonds. The third-order valence-corrected chi connectivity index (χ3v) is 14.1. The number of hydrogen-bond donors (Lipinski definition) is 0. The fourth-order valence-corrected chi connectivity index (χ4v) is 10.0. The van der Waals surface area contributed by atoms with Gasteiger partial charge in [-0.05, 0) is 0 Å². The van der Waals surface area contributed by atoms with Crippen LogP contribution in [-0.4, -0.2) is 0 Å². The molecule has 0 nitrogen and oxygen atoms in total. The number of rotatable bonds is 4. The van der Waals surface area contributed by atoms with Crippen molar-refractivity contribution in [3.8, 4) is 0 Å². The van der Waals surface area contributed by atoms with Crippen molar-refractivity contribution < 1.29 is 21.4 Å². The van der Waals surface area contributed by atoms with Crippen LogP contribution in [0, 0.1) is 13.8 Å². The van der Waals surface area contributed by atoms with Crippen LogP contribution in [0.5, 0.6) is 0 Å². The van der Waals surface area contributed by atoms with Gasteiger partial charge in [0, 0.05) is 0 Å². The standard InChI is InChI=1S/C19H19.2CH3.Hf/c1-14-12-18-11-10-17(19(18)13-15(14)2)9-8-16-6-4-3-5-7-16;;;/h3-7,10-13H,8-9H2,1-2H3;2*1H3;. The molecule has 0 heterocycles. The van der Waals surface area contributed by atoms with E-state index in [-0.39, 0.29) is 0 Å². The van der Waals surface area contributed by atoms with E-state index in [4.69, 9.17) is 0 Å². The summed E-state index contributed by atoms with van der Waals surface area (Å²) < 4.78 is 5.54. The van der Waals surface area contributed by atoms with E-state index >= 15 is 0 Å². The molecule has 0 aromatic heterocycles. The van der Waals surface area contributed by atoms with E-state index in [0.717, 1.165) is 0 Å². The molecule has 0 radical (unpaired) electrons. The summed E-state index contributed by atoms with van der Waals surface area (Å²) in [5, 5.41) is 0. The molecule has 1 heteroatoms. The molecule has 0 fully saturated rings. The summed E-state index contributed by atoms with van der Waals surface area (Å²) >= 11 is -1.64. The van der Waals surface area contributed by atoms with Gasteiger partial charge in [0.1, 0.15) is 0 Å². The van der Waals surface area contributed by atoms with Gasteiger partial charge in [0.15, 0.2) is 0 Å². The van der Waals surface area contributed by atoms with E-state index in [9.17, 15) is 0 Å². The second kappa shape index (κ2) is 6.28. The molecule has 3 rings (SSSR count). The molecule has 0 saturated carbocycles. The second-order valence-corrected chi connectivity index (χ2v) is 17.2. The maximum atomic E-state index is 2.57. The van der Waals surface area contributed by atoms with Gasteiger partial charge in [-0.3, -0.25) is 0 Å². The number of benzene rings is 2. The van der Waals surface area contributed by atoms with Crippen LogP contribution in [0.3, 0.4) is 0 Å². The molecule has 0 aliphatic heterocycles. The van der Waals surface area contributed by atoms with Crippen LogP contribution in [0.1, 0.15) is 34.2 Å². The third kappa shape index (κ3) is 2.80. The van der Waals surface area contributed by atoms with Gasteiger partial charge in [0.05, 0.1) is 0 Å². The van der Waals surface area contributed by atoms with E-state index in [1.807, 2.05) is 0 Å². The van der Waals surface area contributed by atoms with Gasteiger partial charge in [-0.1, -0.05) is 0 Å². The molecule has 0 saturated heterocycles. The van der Waals surface area contributed by atoms with Gasteiger partial charge in [0.2, 0.25) is 0 Å². The van der Waals surface area contributed by atoms with Crippen molar-refractivity contribution in [2.24, 2.45) is 0 Å². The Kier molecular flexibility index (Phi) is 4.54. The molecule has 1 aliphatic carbocycles. The van der Waals surface area contributed by atoms with Gasteiger partial charge in [0.25, 0.3) is 0 Å². The predicted molar refractivity (Wildman–Crippen MR) is 93.1 cm³/mol. The average molecular weight is 456 g/mol. The van der Waals surface area contributed by atoms with Crippen LogP contribution in [0.2, 0.25) is 9.36 Å². The molecule has 0 spiro atoms. The Morgan fingerprint density at radius 2 is 1.64 bits per heavy atom. The summed E-state index contributed by atoms with van der Waals surface area (Å²) in [6.45, 7) is 4.48. The summed E-state index contributed by atoms with van der Waals surface area (Å²) in [4.78, 5) is 0. The summed E-state index contributed by atoms with van der Waals surface area (Å²) in [6.07, 6.45) is 7.41. The Hall–Kier alpha value is -0.950. The summed E-state index contributed by atoms with van der Waals surface area (Å²) in [5.74, 6) is 0. The van der Waals surface area contributed by atoms with Gasteiger partial charge in [-0.25, -0.2) is 0 Å². The van der Waals surface area contributed by atoms with Crippen molar-refractivity contribution in [3.05, 3.63) is 76.4 Å². The first-order chi connectivity index (χ1) is 10.5. The normalized spacial score (nSPS) is 19.3. The molecular formula is C21H25Hf. The quantitative estimate of drug-likeness (QED) is 0.505. The Morgan fingerprint density at radius 3 is 2.32 bits per heavy atom. The minimum atomic E-state index is -1.64. The fraction of sp³-hybridized carbons (Fsp3) is 0.333. The molecular weight excluding hydrogens is 431 g/mol. The summed E-state index contributed by atoms with van der Waals surface area (Å²) in [7, 11) is 0. The third-order valence-electron chi connectivity index (χ3n) is 5.24. The predicted octanol–water partition coefficient (Wildman–Crippen LogP) is 5.87. The number of hydrogen-bond acceptors (Lipinski definition) is 0. The molecule has 1 atom stereocenters. The second-order valence-electron chi connectivity index (χ2n) is 6.81. The Bertz CT molecular complexity index is 697. The van der Waals surface area contributed by atoms with Crippen LogP contribution >= 0.6 is 0 Å². The van der Waals surface area contributed by atoms with Gasteiger partial charge in [-0.15, -0.1) is 0 Å².